The number of nitrogens with one attached hydrogen (secondary N) is 1. The number of anilines is 2. The average Bonchev–Trinajstić information content (AvgIpc) is 2.82. The Morgan fingerprint density at radius 1 is 1.06 bits per heavy atom. The van der Waals surface area contributed by atoms with Gasteiger partial charge >= 0.3 is 6.18 Å². The molecule has 0 bridgehead atoms. The molecule has 4 rings (SSSR count). The number of halogens is 3. The van der Waals surface area contributed by atoms with Crippen LogP contribution in [0.25, 0.3) is 11.0 Å². The van der Waals surface area contributed by atoms with Crippen molar-refractivity contribution in [1.29, 1.82) is 0 Å². The van der Waals surface area contributed by atoms with Crippen LogP contribution in [0.1, 0.15) is 18.5 Å². The molecule has 1 amide bonds. The molecule has 1 aliphatic heterocycles. The van der Waals surface area contributed by atoms with Gasteiger partial charge in [-0.15, -0.1) is 0 Å². The maximum atomic E-state index is 13.8. The minimum atomic E-state index is -4.67. The van der Waals surface area contributed by atoms with E-state index in [1.54, 1.807) is 36.4 Å². The number of amides is 1. The van der Waals surface area contributed by atoms with E-state index in [0.717, 1.165) is 0 Å². The molecule has 3 aromatic rings. The van der Waals surface area contributed by atoms with Crippen molar-refractivity contribution in [3.63, 3.8) is 0 Å². The number of aromatic nitrogens is 2. The summed E-state index contributed by atoms with van der Waals surface area (Å²) >= 11 is 0. The van der Waals surface area contributed by atoms with E-state index >= 15 is 0 Å². The van der Waals surface area contributed by atoms with Crippen LogP contribution in [0.15, 0.2) is 42.5 Å². The Morgan fingerprint density at radius 2 is 1.70 bits per heavy atom. The van der Waals surface area contributed by atoms with Crippen LogP contribution in [0.5, 0.6) is 11.5 Å². The van der Waals surface area contributed by atoms with Crippen molar-refractivity contribution in [2.45, 2.75) is 19.0 Å². The largest absolute Gasteiger partial charge is 0.497 e. The smallest absolute Gasteiger partial charge is 0.437 e. The van der Waals surface area contributed by atoms with Crippen molar-refractivity contribution in [3.8, 4) is 11.5 Å². The minimum Gasteiger partial charge on any atom is -0.497 e. The number of carbonyl (C=O) groups excluding carboxylic acids is 1. The summed E-state index contributed by atoms with van der Waals surface area (Å²) in [6.07, 6.45) is -3.57. The van der Waals surface area contributed by atoms with E-state index in [1.807, 2.05) is 0 Å². The number of fused-ring (bicyclic) bond motifs is 1. The van der Waals surface area contributed by atoms with Crippen molar-refractivity contribution in [2.75, 3.05) is 37.5 Å². The molecule has 1 saturated heterocycles. The molecule has 7 nitrogen and oxygen atoms in total. The SMILES string of the molecule is COc1cc(NC(=O)C2CCCN(c3nc4ccccc4nc3C(F)(F)F)C2)cc(OC)c1. The van der Waals surface area contributed by atoms with Gasteiger partial charge in [0, 0.05) is 37.0 Å². The van der Waals surface area contributed by atoms with Gasteiger partial charge in [0.1, 0.15) is 11.5 Å². The molecule has 0 saturated carbocycles. The molecular formula is C23H23F3N4O3. The summed E-state index contributed by atoms with van der Waals surface area (Å²) in [4.78, 5) is 22.6. The number of hydrogen-bond donors (Lipinski definition) is 1. The summed E-state index contributed by atoms with van der Waals surface area (Å²) < 4.78 is 51.8. The van der Waals surface area contributed by atoms with Crippen molar-refractivity contribution >= 4 is 28.4 Å². The van der Waals surface area contributed by atoms with Gasteiger partial charge in [-0.2, -0.15) is 13.2 Å². The Balaban J connectivity index is 1.59. The maximum absolute atomic E-state index is 13.8. The van der Waals surface area contributed by atoms with Crippen LogP contribution in [0.4, 0.5) is 24.7 Å². The number of rotatable bonds is 5. The number of ether oxygens (including phenoxy) is 2. The number of alkyl halides is 3. The van der Waals surface area contributed by atoms with Crippen molar-refractivity contribution < 1.29 is 27.4 Å². The number of carbonyl (C=O) groups is 1. The Kier molecular flexibility index (Phi) is 6.26. The highest BCUT2D eigenvalue weighted by Gasteiger charge is 2.40. The van der Waals surface area contributed by atoms with Gasteiger partial charge < -0.3 is 19.7 Å². The highest BCUT2D eigenvalue weighted by molar-refractivity contribution is 5.93. The molecule has 1 N–H and O–H groups in total. The van der Waals surface area contributed by atoms with E-state index in [1.165, 1.54) is 25.2 Å². The molecule has 0 radical (unpaired) electrons. The standard InChI is InChI=1S/C23H23F3N4O3/c1-32-16-10-15(11-17(12-16)33-2)27-22(31)14-6-5-9-30(13-14)21-20(23(24,25)26)28-18-7-3-4-8-19(18)29-21/h3-4,7-8,10-12,14H,5-6,9,13H2,1-2H3,(H,27,31). The lowest BCUT2D eigenvalue weighted by Crippen LogP contribution is -2.42. The van der Waals surface area contributed by atoms with E-state index in [0.29, 0.717) is 42.1 Å². The molecule has 1 fully saturated rings. The van der Waals surface area contributed by atoms with Gasteiger partial charge in [0.15, 0.2) is 11.5 Å². The first-order chi connectivity index (χ1) is 15.8. The van der Waals surface area contributed by atoms with Crippen LogP contribution in [-0.4, -0.2) is 43.2 Å². The summed E-state index contributed by atoms with van der Waals surface area (Å²) in [7, 11) is 3.00. The molecule has 2 aromatic carbocycles. The lowest BCUT2D eigenvalue weighted by molar-refractivity contribution is -0.140. The lowest BCUT2D eigenvalue weighted by atomic mass is 9.96. The van der Waals surface area contributed by atoms with Gasteiger partial charge in [0.25, 0.3) is 0 Å². The van der Waals surface area contributed by atoms with Gasteiger partial charge in [-0.05, 0) is 25.0 Å². The first-order valence-corrected chi connectivity index (χ1v) is 10.4. The predicted octanol–water partition coefficient (Wildman–Crippen LogP) is 4.52. The van der Waals surface area contributed by atoms with Gasteiger partial charge in [-0.1, -0.05) is 12.1 Å². The quantitative estimate of drug-likeness (QED) is 0.603. The molecular weight excluding hydrogens is 437 g/mol. The molecule has 1 atom stereocenters. The lowest BCUT2D eigenvalue weighted by Gasteiger charge is -2.34. The second kappa shape index (κ2) is 9.13. The molecule has 10 heteroatoms. The van der Waals surface area contributed by atoms with Crippen LogP contribution >= 0.6 is 0 Å². The fourth-order valence-electron chi connectivity index (χ4n) is 3.91. The Hall–Kier alpha value is -3.56. The summed E-state index contributed by atoms with van der Waals surface area (Å²) in [5, 5.41) is 2.82. The number of hydrogen-bond acceptors (Lipinski definition) is 6. The minimum absolute atomic E-state index is 0.100. The van der Waals surface area contributed by atoms with Gasteiger partial charge in [0.2, 0.25) is 5.91 Å². The maximum Gasteiger partial charge on any atom is 0.437 e. The summed E-state index contributed by atoms with van der Waals surface area (Å²) in [6.45, 7) is 0.454. The number of methoxy groups -OCH3 is 2. The van der Waals surface area contributed by atoms with Crippen molar-refractivity contribution in [3.05, 3.63) is 48.2 Å². The number of benzene rings is 2. The molecule has 1 aromatic heterocycles. The van der Waals surface area contributed by atoms with E-state index in [-0.39, 0.29) is 23.8 Å². The Bertz CT molecular complexity index is 1150. The monoisotopic (exact) mass is 460 g/mol. The summed E-state index contributed by atoms with van der Waals surface area (Å²) in [5.41, 5.74) is -0.0167. The van der Waals surface area contributed by atoms with E-state index < -0.39 is 17.8 Å². The average molecular weight is 460 g/mol. The molecule has 174 valence electrons. The molecule has 1 aliphatic rings. The van der Waals surface area contributed by atoms with Crippen molar-refractivity contribution in [2.24, 2.45) is 5.92 Å². The first-order valence-electron chi connectivity index (χ1n) is 10.4. The molecule has 33 heavy (non-hydrogen) atoms. The third kappa shape index (κ3) is 4.94. The first kappa shape index (κ1) is 22.6. The molecule has 0 aliphatic carbocycles. The summed E-state index contributed by atoms with van der Waals surface area (Å²) in [5.74, 6) is -0.0447. The fraction of sp³-hybridized carbons (Fsp3) is 0.348. The number of piperidine rings is 1. The zero-order valence-electron chi connectivity index (χ0n) is 18.1. The second-order valence-electron chi connectivity index (χ2n) is 7.76. The number of para-hydroxylation sites is 2. The number of nitrogens with zero attached hydrogens (tertiary/aromatic N) is 3. The van der Waals surface area contributed by atoms with Crippen molar-refractivity contribution in [1.82, 2.24) is 9.97 Å². The highest BCUT2D eigenvalue weighted by Crippen LogP contribution is 2.37. The zero-order chi connectivity index (χ0) is 23.6. The molecule has 0 spiro atoms. The van der Waals surface area contributed by atoms with Crippen LogP contribution in [-0.2, 0) is 11.0 Å². The van der Waals surface area contributed by atoms with Crippen LogP contribution in [0, 0.1) is 5.92 Å². The third-order valence-electron chi connectivity index (χ3n) is 5.53. The fourth-order valence-corrected chi connectivity index (χ4v) is 3.91. The normalized spacial score (nSPS) is 16.5. The predicted molar refractivity (Wildman–Crippen MR) is 118 cm³/mol. The Morgan fingerprint density at radius 3 is 2.30 bits per heavy atom. The van der Waals surface area contributed by atoms with Crippen LogP contribution in [0.2, 0.25) is 0 Å². The van der Waals surface area contributed by atoms with E-state index in [2.05, 4.69) is 15.3 Å². The van der Waals surface area contributed by atoms with E-state index in [4.69, 9.17) is 9.47 Å². The van der Waals surface area contributed by atoms with Crippen LogP contribution in [0.3, 0.4) is 0 Å². The Labute approximate surface area is 188 Å². The molecule has 1 unspecified atom stereocenters. The second-order valence-corrected chi connectivity index (χ2v) is 7.76. The van der Waals surface area contributed by atoms with E-state index in [9.17, 15) is 18.0 Å². The van der Waals surface area contributed by atoms with Crippen LogP contribution < -0.4 is 19.7 Å². The topological polar surface area (TPSA) is 76.6 Å². The van der Waals surface area contributed by atoms with Gasteiger partial charge in [-0.3, -0.25) is 4.79 Å². The third-order valence-corrected chi connectivity index (χ3v) is 5.53. The zero-order valence-corrected chi connectivity index (χ0v) is 18.1. The molecule has 2 heterocycles. The van der Waals surface area contributed by atoms with Gasteiger partial charge in [-0.25, -0.2) is 9.97 Å². The summed E-state index contributed by atoms with van der Waals surface area (Å²) in [6, 6.07) is 11.4. The highest BCUT2D eigenvalue weighted by atomic mass is 19.4. The van der Waals surface area contributed by atoms with Gasteiger partial charge in [0.05, 0.1) is 31.2 Å².